The molecule has 1 saturated heterocycles. The van der Waals surface area contributed by atoms with Crippen molar-refractivity contribution in [1.29, 1.82) is 0 Å². The molecule has 1 aromatic rings. The van der Waals surface area contributed by atoms with Gasteiger partial charge in [0, 0.05) is 30.4 Å². The highest BCUT2D eigenvalue weighted by molar-refractivity contribution is 5.96. The molecule has 6 nitrogen and oxygen atoms in total. The van der Waals surface area contributed by atoms with Crippen LogP contribution in [0.25, 0.3) is 0 Å². The number of nitrogens with one attached hydrogen (secondary N) is 3. The molecule has 1 fully saturated rings. The Morgan fingerprint density at radius 3 is 2.61 bits per heavy atom. The molecule has 2 rings (SSSR count). The van der Waals surface area contributed by atoms with Crippen molar-refractivity contribution < 1.29 is 14.3 Å². The average molecular weight is 319 g/mol. The van der Waals surface area contributed by atoms with E-state index in [-0.39, 0.29) is 30.5 Å². The highest BCUT2D eigenvalue weighted by atomic mass is 16.5. The van der Waals surface area contributed by atoms with Crippen molar-refractivity contribution in [3.05, 3.63) is 29.8 Å². The maximum absolute atomic E-state index is 12.0. The Kier molecular flexibility index (Phi) is 6.55. The van der Waals surface area contributed by atoms with Crippen molar-refractivity contribution in [3.8, 4) is 0 Å². The summed E-state index contributed by atoms with van der Waals surface area (Å²) in [4.78, 5) is 23.8. The lowest BCUT2D eigenvalue weighted by molar-refractivity contribution is -0.115. The molecular weight excluding hydrogens is 294 g/mol. The molecule has 0 aromatic heterocycles. The Morgan fingerprint density at radius 2 is 2.00 bits per heavy atom. The van der Waals surface area contributed by atoms with Gasteiger partial charge in [0.2, 0.25) is 5.91 Å². The van der Waals surface area contributed by atoms with E-state index in [9.17, 15) is 9.59 Å². The highest BCUT2D eigenvalue weighted by Gasteiger charge is 2.16. The van der Waals surface area contributed by atoms with Gasteiger partial charge in [0.15, 0.2) is 0 Å². The molecule has 1 unspecified atom stereocenters. The number of carbonyl (C=O) groups excluding carboxylic acids is 2. The lowest BCUT2D eigenvalue weighted by Gasteiger charge is -2.11. The van der Waals surface area contributed by atoms with Crippen molar-refractivity contribution in [2.75, 3.05) is 25.0 Å². The standard InChI is InChI=1S/C17H25N3O3/c1-12(2)18-11-16(21)20-14-7-5-13(6-8-14)17(22)19-10-15-4-3-9-23-15/h5-8,12,15,18H,3-4,9-11H2,1-2H3,(H,19,22)(H,20,21). The zero-order valence-electron chi connectivity index (χ0n) is 13.7. The number of benzene rings is 1. The number of rotatable bonds is 7. The SMILES string of the molecule is CC(C)NCC(=O)Nc1ccc(C(=O)NCC2CCCO2)cc1. The van der Waals surface area contributed by atoms with E-state index in [4.69, 9.17) is 4.74 Å². The second-order valence-corrected chi connectivity index (χ2v) is 6.01. The largest absolute Gasteiger partial charge is 0.376 e. The Balaban J connectivity index is 1.78. The summed E-state index contributed by atoms with van der Waals surface area (Å²) < 4.78 is 5.47. The second kappa shape index (κ2) is 8.64. The molecule has 2 amide bonds. The van der Waals surface area contributed by atoms with Crippen LogP contribution in [0.1, 0.15) is 37.0 Å². The first kappa shape index (κ1) is 17.4. The molecule has 0 bridgehead atoms. The van der Waals surface area contributed by atoms with Gasteiger partial charge >= 0.3 is 0 Å². The Hall–Kier alpha value is -1.92. The number of hydrogen-bond donors (Lipinski definition) is 3. The minimum atomic E-state index is -0.125. The average Bonchev–Trinajstić information content (AvgIpc) is 3.05. The Morgan fingerprint density at radius 1 is 1.26 bits per heavy atom. The molecule has 6 heteroatoms. The Bertz CT molecular complexity index is 522. The van der Waals surface area contributed by atoms with Gasteiger partial charge in [-0.15, -0.1) is 0 Å². The second-order valence-electron chi connectivity index (χ2n) is 6.01. The van der Waals surface area contributed by atoms with E-state index < -0.39 is 0 Å². The zero-order valence-corrected chi connectivity index (χ0v) is 13.7. The molecule has 3 N–H and O–H groups in total. The first-order valence-corrected chi connectivity index (χ1v) is 8.07. The van der Waals surface area contributed by atoms with Crippen molar-refractivity contribution >= 4 is 17.5 Å². The fraction of sp³-hybridized carbons (Fsp3) is 0.529. The molecule has 0 aliphatic carbocycles. The summed E-state index contributed by atoms with van der Waals surface area (Å²) in [6.45, 7) is 5.55. The van der Waals surface area contributed by atoms with Crippen LogP contribution in [0.5, 0.6) is 0 Å². The predicted molar refractivity (Wildman–Crippen MR) is 89.5 cm³/mol. The molecule has 0 radical (unpaired) electrons. The van der Waals surface area contributed by atoms with Crippen LogP contribution in [-0.2, 0) is 9.53 Å². The molecule has 1 aliphatic heterocycles. The fourth-order valence-corrected chi connectivity index (χ4v) is 2.32. The highest BCUT2D eigenvalue weighted by Crippen LogP contribution is 2.12. The van der Waals surface area contributed by atoms with E-state index in [1.54, 1.807) is 24.3 Å². The minimum Gasteiger partial charge on any atom is -0.376 e. The third-order valence-corrected chi connectivity index (χ3v) is 3.62. The van der Waals surface area contributed by atoms with Gasteiger partial charge in [0.05, 0.1) is 12.6 Å². The topological polar surface area (TPSA) is 79.5 Å². The van der Waals surface area contributed by atoms with Crippen molar-refractivity contribution in [2.24, 2.45) is 0 Å². The normalized spacial score (nSPS) is 17.3. The molecule has 0 spiro atoms. The van der Waals surface area contributed by atoms with Crippen LogP contribution in [0.2, 0.25) is 0 Å². The smallest absolute Gasteiger partial charge is 0.251 e. The van der Waals surface area contributed by atoms with E-state index in [1.165, 1.54) is 0 Å². The number of anilines is 1. The van der Waals surface area contributed by atoms with Gasteiger partial charge in [-0.25, -0.2) is 0 Å². The number of hydrogen-bond acceptors (Lipinski definition) is 4. The van der Waals surface area contributed by atoms with Crippen molar-refractivity contribution in [1.82, 2.24) is 10.6 Å². The van der Waals surface area contributed by atoms with Crippen LogP contribution in [0.3, 0.4) is 0 Å². The van der Waals surface area contributed by atoms with Gasteiger partial charge < -0.3 is 20.7 Å². The van der Waals surface area contributed by atoms with E-state index in [0.717, 1.165) is 19.4 Å². The van der Waals surface area contributed by atoms with Gasteiger partial charge in [-0.3, -0.25) is 9.59 Å². The van der Waals surface area contributed by atoms with E-state index in [1.807, 2.05) is 13.8 Å². The maximum atomic E-state index is 12.0. The number of amides is 2. The van der Waals surface area contributed by atoms with Crippen LogP contribution >= 0.6 is 0 Å². The predicted octanol–water partition coefficient (Wildman–Crippen LogP) is 1.53. The summed E-state index contributed by atoms with van der Waals surface area (Å²) in [6, 6.07) is 7.13. The zero-order chi connectivity index (χ0) is 16.7. The van der Waals surface area contributed by atoms with Crippen LogP contribution in [0.15, 0.2) is 24.3 Å². The molecule has 1 aliphatic rings. The molecule has 1 heterocycles. The summed E-state index contributed by atoms with van der Waals surface area (Å²) in [6.07, 6.45) is 2.18. The third kappa shape index (κ3) is 6.00. The molecule has 126 valence electrons. The van der Waals surface area contributed by atoms with Crippen molar-refractivity contribution in [2.45, 2.75) is 38.8 Å². The lowest BCUT2D eigenvalue weighted by atomic mass is 10.2. The fourth-order valence-electron chi connectivity index (χ4n) is 2.32. The summed E-state index contributed by atoms with van der Waals surface area (Å²) >= 11 is 0. The molecule has 0 saturated carbocycles. The van der Waals surface area contributed by atoms with Crippen LogP contribution < -0.4 is 16.0 Å². The molecule has 23 heavy (non-hydrogen) atoms. The monoisotopic (exact) mass is 319 g/mol. The lowest BCUT2D eigenvalue weighted by Crippen LogP contribution is -2.32. The summed E-state index contributed by atoms with van der Waals surface area (Å²) in [5, 5.41) is 8.71. The first-order chi connectivity index (χ1) is 11.0. The quantitative estimate of drug-likeness (QED) is 0.712. The summed E-state index contributed by atoms with van der Waals surface area (Å²) in [7, 11) is 0. The number of carbonyl (C=O) groups is 2. The minimum absolute atomic E-state index is 0.103. The van der Waals surface area contributed by atoms with E-state index in [0.29, 0.717) is 17.8 Å². The first-order valence-electron chi connectivity index (χ1n) is 8.07. The van der Waals surface area contributed by atoms with Crippen LogP contribution in [-0.4, -0.2) is 43.7 Å². The van der Waals surface area contributed by atoms with Gasteiger partial charge in [-0.1, -0.05) is 13.8 Å². The molecule has 1 aromatic carbocycles. The summed E-state index contributed by atoms with van der Waals surface area (Å²) in [5.74, 6) is -0.228. The van der Waals surface area contributed by atoms with E-state index in [2.05, 4.69) is 16.0 Å². The van der Waals surface area contributed by atoms with Crippen LogP contribution in [0.4, 0.5) is 5.69 Å². The van der Waals surface area contributed by atoms with Crippen LogP contribution in [0, 0.1) is 0 Å². The van der Waals surface area contributed by atoms with Gasteiger partial charge in [-0.2, -0.15) is 0 Å². The van der Waals surface area contributed by atoms with E-state index >= 15 is 0 Å². The molecular formula is C17H25N3O3. The van der Waals surface area contributed by atoms with Gasteiger partial charge in [-0.05, 0) is 37.1 Å². The van der Waals surface area contributed by atoms with Gasteiger partial charge in [0.25, 0.3) is 5.91 Å². The number of ether oxygens (including phenoxy) is 1. The third-order valence-electron chi connectivity index (χ3n) is 3.62. The summed E-state index contributed by atoms with van der Waals surface area (Å²) in [5.41, 5.74) is 1.25. The maximum Gasteiger partial charge on any atom is 0.251 e. The Labute approximate surface area is 137 Å². The van der Waals surface area contributed by atoms with Gasteiger partial charge in [0.1, 0.15) is 0 Å². The molecule has 1 atom stereocenters. The van der Waals surface area contributed by atoms with Crippen molar-refractivity contribution in [3.63, 3.8) is 0 Å².